The number of carbonyl (C=O) groups is 2. The summed E-state index contributed by atoms with van der Waals surface area (Å²) in [4.78, 5) is 28.4. The molecule has 252 valence electrons. The van der Waals surface area contributed by atoms with Crippen LogP contribution in [0, 0.1) is 208 Å². The van der Waals surface area contributed by atoms with Gasteiger partial charge in [0, 0.05) is 223 Å². The molecule has 6 atom stereocenters. The van der Waals surface area contributed by atoms with Gasteiger partial charge in [0.1, 0.15) is 17.5 Å². The third-order valence-electron chi connectivity index (χ3n) is 9.79. The molecule has 6 rings (SSSR count). The number of carbonyl (C=O) groups excluding carboxylic acids is 2. The number of piperazine rings is 1. The van der Waals surface area contributed by atoms with Crippen LogP contribution in [0.1, 0.15) is 58.0 Å². The predicted octanol–water partition coefficient (Wildman–Crippen LogP) is 4.27. The smallest absolute Gasteiger partial charge is 0.432 e. The molecule has 4 aliphatic rings. The fraction of sp³-hybridized carbons (Fsp3) is 0.516. The van der Waals surface area contributed by atoms with Gasteiger partial charge in [-0.3, -0.25) is 9.80 Å². The van der Waals surface area contributed by atoms with Crippen molar-refractivity contribution in [3.05, 3.63) is 55.6 Å². The fourth-order valence-corrected chi connectivity index (χ4v) is 7.50. The van der Waals surface area contributed by atoms with Gasteiger partial charge in [-0.15, -0.1) is 6.54 Å². The number of aryl methyl sites for hydroxylation is 1. The molecule has 2 amide bonds. The van der Waals surface area contributed by atoms with Crippen LogP contribution in [0.25, 0.3) is 10.6 Å². The molecule has 0 saturated carbocycles. The van der Waals surface area contributed by atoms with Crippen LogP contribution in [0.2, 0.25) is 0 Å². The number of alkyl halides is 3. The first-order chi connectivity index (χ1) is 21.2. The molecule has 1 saturated heterocycles. The van der Waals surface area contributed by atoms with Gasteiger partial charge in [-0.25, -0.2) is 0 Å². The molecule has 0 aliphatic carbocycles. The van der Waals surface area contributed by atoms with Crippen molar-refractivity contribution in [1.82, 2.24) is 9.80 Å². The van der Waals surface area contributed by atoms with Crippen molar-refractivity contribution in [2.75, 3.05) is 20.4 Å². The number of nitrogens with zero attached hydrogens (tertiary/aromatic N) is 5. The van der Waals surface area contributed by atoms with E-state index in [1.165, 1.54) is 0 Å². The molecule has 2 aromatic rings. The summed E-state index contributed by atoms with van der Waals surface area (Å²) < 4.78 is 50.0. The summed E-state index contributed by atoms with van der Waals surface area (Å²) in [6.45, 7) is 6.05. The number of hydrogen-bond acceptors (Lipinski definition) is 9. The molecule has 0 aromatic heterocycles. The van der Waals surface area contributed by atoms with E-state index >= 15 is 0 Å². The minimum atomic E-state index is -5.23. The van der Waals surface area contributed by atoms with Crippen LogP contribution in [-0.2, 0) is 22.4 Å². The number of fused-ring (bicyclic) bond motifs is 9. The Hall–Kier alpha value is 1.55. The van der Waals surface area contributed by atoms with E-state index in [2.05, 4.69) is 21.6 Å². The molecular weight excluding hydrogens is 1500 g/mol. The molecule has 4 radical (unpaired) electrons. The van der Waals surface area contributed by atoms with E-state index in [4.69, 9.17) is 9.47 Å². The standard InChI is InChI=1S/C31H34F3N5O6.4Ac/c1-12-6-16-7-18-20(9-35)39-19(24(38(18)5)22(16)26(41)13(12)2)8-17-23(28-27(44-11-45-28)14(3)25(17)40)21(39)10-36-29(42)15(4)37-30(43)31(32,33)34;;;;/h6,15,18-21,24H,7-8,10-11H2,1-5H3,(H4,36,37,40,41,42,43);;;;/p-2/t15-,18-,19?,20-,21-,24+;;;;/m0..../s1. The first-order valence-corrected chi connectivity index (χ1v) is 14.5. The summed E-state index contributed by atoms with van der Waals surface area (Å²) in [5, 5.41) is 40.6. The molecule has 49 heavy (non-hydrogen) atoms. The van der Waals surface area contributed by atoms with Crippen molar-refractivity contribution in [2.24, 2.45) is 0 Å². The van der Waals surface area contributed by atoms with E-state index in [0.29, 0.717) is 34.6 Å². The van der Waals surface area contributed by atoms with Crippen LogP contribution in [0.4, 0.5) is 13.2 Å². The van der Waals surface area contributed by atoms with Crippen LogP contribution < -0.4 is 9.47 Å². The van der Waals surface area contributed by atoms with E-state index < -0.39 is 48.2 Å². The SMILES string of the molecule is Cc1cc2c(c(O)c1C)[C@H]1C3Cc4c(O)c(C)c5c(c4[C@H](C[N-]C(=O)[C@H](C)[N-]C(=O)C(F)(F)F)N3[C@@H](C#N)[C@H](C2)N1C)OCO5.[Ac].[Ac].[Ac].[Ac]. The van der Waals surface area contributed by atoms with Crippen LogP contribution in [0.3, 0.4) is 0 Å². The maximum absolute atomic E-state index is 12.9. The Morgan fingerprint density at radius 2 is 1.65 bits per heavy atom. The summed E-state index contributed by atoms with van der Waals surface area (Å²) >= 11 is 0. The molecule has 2 bridgehead atoms. The number of hydrogen-bond donors (Lipinski definition) is 2. The normalized spacial score (nSPS) is 23.7. The zero-order valence-corrected chi connectivity index (χ0v) is 46.6. The Balaban J connectivity index is 0.00000208. The number of aromatic hydroxyl groups is 2. The van der Waals surface area contributed by atoms with Gasteiger partial charge in [0.15, 0.2) is 17.4 Å². The van der Waals surface area contributed by atoms with E-state index in [9.17, 15) is 38.2 Å². The van der Waals surface area contributed by atoms with Gasteiger partial charge in [-0.2, -0.15) is 18.4 Å². The number of phenols is 2. The molecule has 18 heteroatoms. The van der Waals surface area contributed by atoms with E-state index in [1.54, 1.807) is 6.92 Å². The minimum Gasteiger partial charge on any atom is -0.653 e. The van der Waals surface area contributed by atoms with Gasteiger partial charge in [-0.1, -0.05) is 19.0 Å². The van der Waals surface area contributed by atoms with Gasteiger partial charge in [-0.05, 0) is 57.4 Å². The molecule has 1 fully saturated rings. The maximum atomic E-state index is 12.9. The first-order valence-electron chi connectivity index (χ1n) is 14.5. The average molecular weight is 1540 g/mol. The van der Waals surface area contributed by atoms with Crippen molar-refractivity contribution in [1.29, 1.82) is 5.26 Å². The van der Waals surface area contributed by atoms with Crippen molar-refractivity contribution in [2.45, 2.75) is 83.0 Å². The van der Waals surface area contributed by atoms with Crippen molar-refractivity contribution >= 4 is 11.8 Å². The summed E-state index contributed by atoms with van der Waals surface area (Å²) in [6.07, 6.45) is -4.52. The van der Waals surface area contributed by atoms with Crippen molar-refractivity contribution in [3.63, 3.8) is 0 Å². The molecular formula is C31H32Ac4F3N5O6-2. The fourth-order valence-electron chi connectivity index (χ4n) is 7.50. The van der Waals surface area contributed by atoms with Gasteiger partial charge in [0.2, 0.25) is 6.79 Å². The van der Waals surface area contributed by atoms with Gasteiger partial charge in [0.05, 0.1) is 12.1 Å². The number of likely N-dealkylation sites (N-methyl/N-ethyl adjacent to an activating group) is 1. The van der Waals surface area contributed by atoms with Crippen molar-refractivity contribution < 1.29 is 219 Å². The molecule has 4 aliphatic heterocycles. The molecule has 2 aromatic carbocycles. The summed E-state index contributed by atoms with van der Waals surface area (Å²) in [6, 6.07) is -0.0496. The number of halogens is 3. The summed E-state index contributed by atoms with van der Waals surface area (Å²) in [5.74, 6) is -2.65. The Bertz CT molecular complexity index is 1680. The van der Waals surface area contributed by atoms with Crippen LogP contribution in [0.5, 0.6) is 23.0 Å². The number of phenolic OH excluding ortho intramolecular Hbond substituents is 2. The number of amides is 2. The Kier molecular flexibility index (Phi) is 17.2. The van der Waals surface area contributed by atoms with Gasteiger partial charge >= 0.3 is 6.18 Å². The third-order valence-corrected chi connectivity index (χ3v) is 9.79. The molecule has 1 unspecified atom stereocenters. The molecule has 0 spiro atoms. The summed E-state index contributed by atoms with van der Waals surface area (Å²) in [5.41, 5.74) is 4.76. The minimum absolute atomic E-state index is 0. The Morgan fingerprint density at radius 1 is 1.02 bits per heavy atom. The molecule has 11 nitrogen and oxygen atoms in total. The summed E-state index contributed by atoms with van der Waals surface area (Å²) in [7, 11) is 1.90. The average Bonchev–Trinajstić information content (AvgIpc) is 3.47. The second kappa shape index (κ2) is 18.0. The number of nitriles is 1. The second-order valence-corrected chi connectivity index (χ2v) is 12.1. The maximum Gasteiger partial charge on any atom is 0.432 e. The number of benzene rings is 2. The van der Waals surface area contributed by atoms with E-state index in [1.807, 2.05) is 31.9 Å². The predicted molar refractivity (Wildman–Crippen MR) is 153 cm³/mol. The number of rotatable bonds is 4. The monoisotopic (exact) mass is 1540 g/mol. The van der Waals surface area contributed by atoms with Gasteiger partial charge < -0.3 is 39.9 Å². The van der Waals surface area contributed by atoms with Crippen LogP contribution in [0.15, 0.2) is 6.07 Å². The van der Waals surface area contributed by atoms with Crippen molar-refractivity contribution in [3.8, 4) is 29.1 Å². The zero-order chi connectivity index (χ0) is 32.7. The topological polar surface area (TPSA) is 152 Å². The second-order valence-electron chi connectivity index (χ2n) is 12.1. The molecule has 4 heterocycles. The Labute approximate surface area is 425 Å². The quantitative estimate of drug-likeness (QED) is 0.458. The molecule has 2 N–H and O–H groups in total. The van der Waals surface area contributed by atoms with Crippen LogP contribution >= 0.6 is 0 Å². The largest absolute Gasteiger partial charge is 0.653 e. The van der Waals surface area contributed by atoms with E-state index in [-0.39, 0.29) is 214 Å². The zero-order valence-electron chi connectivity index (χ0n) is 27.6. The number of ether oxygens (including phenoxy) is 2. The van der Waals surface area contributed by atoms with Gasteiger partial charge in [0.25, 0.3) is 0 Å². The third kappa shape index (κ3) is 8.25. The van der Waals surface area contributed by atoms with Crippen LogP contribution in [-0.4, -0.2) is 82.6 Å². The van der Waals surface area contributed by atoms with E-state index in [0.717, 1.165) is 29.2 Å². The first kappa shape index (κ1) is 46.7. The Morgan fingerprint density at radius 3 is 2.27 bits per heavy atom.